The summed E-state index contributed by atoms with van der Waals surface area (Å²) < 4.78 is 28.2. The van der Waals surface area contributed by atoms with E-state index in [0.29, 0.717) is 17.1 Å². The Hall–Kier alpha value is -3.13. The fourth-order valence-electron chi connectivity index (χ4n) is 2.89. The second-order valence-electron chi connectivity index (χ2n) is 8.32. The van der Waals surface area contributed by atoms with Gasteiger partial charge in [0.05, 0.1) is 4.90 Å². The molecule has 0 bridgehead atoms. The second kappa shape index (κ2) is 7.95. The van der Waals surface area contributed by atoms with Crippen molar-refractivity contribution < 1.29 is 13.2 Å². The van der Waals surface area contributed by atoms with E-state index in [4.69, 9.17) is 0 Å². The molecule has 0 aliphatic carbocycles. The Kier molecular flexibility index (Phi) is 5.72. The molecule has 3 aromatic rings. The molecule has 0 aliphatic rings. The number of rotatable bonds is 5. The third-order valence-corrected chi connectivity index (χ3v) is 6.04. The van der Waals surface area contributed by atoms with Gasteiger partial charge in [0.2, 0.25) is 0 Å². The lowest BCUT2D eigenvalue weighted by Crippen LogP contribution is -2.17. The van der Waals surface area contributed by atoms with Crippen LogP contribution in [-0.2, 0) is 15.4 Å². The van der Waals surface area contributed by atoms with Crippen LogP contribution in [0.1, 0.15) is 48.0 Å². The molecule has 158 valence electrons. The third kappa shape index (κ3) is 4.88. The zero-order chi connectivity index (χ0) is 22.1. The fraction of sp³-hybridized carbons (Fsp3) is 0.273. The Morgan fingerprint density at radius 1 is 1.03 bits per heavy atom. The molecular formula is C22H26N4O3S. The van der Waals surface area contributed by atoms with Crippen molar-refractivity contribution >= 4 is 27.4 Å². The number of sulfonamides is 1. The van der Waals surface area contributed by atoms with E-state index in [-0.39, 0.29) is 15.9 Å². The number of carbonyl (C=O) groups is 1. The number of hydrogen-bond donors (Lipinski definition) is 3. The highest BCUT2D eigenvalue weighted by atomic mass is 32.2. The molecule has 3 rings (SSSR count). The summed E-state index contributed by atoms with van der Waals surface area (Å²) in [7, 11) is -3.84. The van der Waals surface area contributed by atoms with Gasteiger partial charge in [0.25, 0.3) is 15.9 Å². The SMILES string of the molecule is Cc1cccc(NS(=O)(=O)c2ccc(C)c(C(=O)Nc3cc(C(C)(C)C)[nH]n3)c2)c1. The highest BCUT2D eigenvalue weighted by Crippen LogP contribution is 2.23. The van der Waals surface area contributed by atoms with Crippen LogP contribution in [0.3, 0.4) is 0 Å². The Morgan fingerprint density at radius 3 is 2.40 bits per heavy atom. The van der Waals surface area contributed by atoms with Crippen LogP contribution < -0.4 is 10.0 Å². The van der Waals surface area contributed by atoms with Crippen LogP contribution in [-0.4, -0.2) is 24.5 Å². The topological polar surface area (TPSA) is 104 Å². The van der Waals surface area contributed by atoms with E-state index in [1.165, 1.54) is 12.1 Å². The zero-order valence-corrected chi connectivity index (χ0v) is 18.5. The van der Waals surface area contributed by atoms with Crippen LogP contribution in [0, 0.1) is 13.8 Å². The maximum atomic E-state index is 12.8. The molecule has 8 heteroatoms. The van der Waals surface area contributed by atoms with Crippen LogP contribution in [0.2, 0.25) is 0 Å². The molecular weight excluding hydrogens is 400 g/mol. The highest BCUT2D eigenvalue weighted by molar-refractivity contribution is 7.92. The summed E-state index contributed by atoms with van der Waals surface area (Å²) >= 11 is 0. The number of aryl methyl sites for hydroxylation is 2. The average Bonchev–Trinajstić information content (AvgIpc) is 3.10. The summed E-state index contributed by atoms with van der Waals surface area (Å²) in [6, 6.07) is 13.3. The lowest BCUT2D eigenvalue weighted by molar-refractivity contribution is 0.102. The molecule has 1 amide bonds. The monoisotopic (exact) mass is 426 g/mol. The van der Waals surface area contributed by atoms with Crippen molar-refractivity contribution in [2.75, 3.05) is 10.0 Å². The molecule has 0 radical (unpaired) electrons. The van der Waals surface area contributed by atoms with Gasteiger partial charge in [0, 0.05) is 28.4 Å². The summed E-state index contributed by atoms with van der Waals surface area (Å²) in [6.45, 7) is 9.74. The number of aromatic amines is 1. The molecule has 1 heterocycles. The minimum absolute atomic E-state index is 0.0113. The number of carbonyl (C=O) groups excluding carboxylic acids is 1. The lowest BCUT2D eigenvalue weighted by atomic mass is 9.92. The quantitative estimate of drug-likeness (QED) is 0.563. The summed E-state index contributed by atoms with van der Waals surface area (Å²) in [5, 5.41) is 9.77. The first-order chi connectivity index (χ1) is 14.0. The fourth-order valence-corrected chi connectivity index (χ4v) is 3.96. The van der Waals surface area contributed by atoms with Gasteiger partial charge >= 0.3 is 0 Å². The first-order valence-corrected chi connectivity index (χ1v) is 11.0. The van der Waals surface area contributed by atoms with E-state index in [0.717, 1.165) is 11.3 Å². The third-order valence-electron chi connectivity index (χ3n) is 4.66. The molecule has 0 saturated carbocycles. The zero-order valence-electron chi connectivity index (χ0n) is 17.7. The predicted molar refractivity (Wildman–Crippen MR) is 118 cm³/mol. The van der Waals surface area contributed by atoms with Gasteiger partial charge in [-0.05, 0) is 49.2 Å². The Labute approximate surface area is 177 Å². The van der Waals surface area contributed by atoms with E-state index in [9.17, 15) is 13.2 Å². The normalized spacial score (nSPS) is 11.9. The molecule has 0 aliphatic heterocycles. The second-order valence-corrected chi connectivity index (χ2v) is 10.0. The number of amides is 1. The summed E-state index contributed by atoms with van der Waals surface area (Å²) in [5.41, 5.74) is 3.08. The number of nitrogens with zero attached hydrogens (tertiary/aromatic N) is 1. The van der Waals surface area contributed by atoms with Crippen molar-refractivity contribution in [3.8, 4) is 0 Å². The van der Waals surface area contributed by atoms with E-state index in [1.807, 2.05) is 33.8 Å². The first kappa shape index (κ1) is 21.6. The lowest BCUT2D eigenvalue weighted by Gasteiger charge is -2.14. The van der Waals surface area contributed by atoms with Gasteiger partial charge < -0.3 is 5.32 Å². The number of benzene rings is 2. The number of hydrogen-bond acceptors (Lipinski definition) is 4. The number of aromatic nitrogens is 2. The molecule has 7 nitrogen and oxygen atoms in total. The largest absolute Gasteiger partial charge is 0.305 e. The van der Waals surface area contributed by atoms with Gasteiger partial charge in [-0.1, -0.05) is 39.0 Å². The molecule has 30 heavy (non-hydrogen) atoms. The molecule has 0 fully saturated rings. The van der Waals surface area contributed by atoms with Crippen molar-refractivity contribution in [2.45, 2.75) is 44.9 Å². The van der Waals surface area contributed by atoms with Crippen LogP contribution in [0.5, 0.6) is 0 Å². The maximum Gasteiger partial charge on any atom is 0.261 e. The van der Waals surface area contributed by atoms with Crippen LogP contribution >= 0.6 is 0 Å². The van der Waals surface area contributed by atoms with Gasteiger partial charge in [-0.3, -0.25) is 14.6 Å². The molecule has 0 spiro atoms. The molecule has 0 atom stereocenters. The van der Waals surface area contributed by atoms with Gasteiger partial charge in [0.1, 0.15) is 0 Å². The first-order valence-electron chi connectivity index (χ1n) is 9.53. The van der Waals surface area contributed by atoms with Gasteiger partial charge in [-0.25, -0.2) is 8.42 Å². The predicted octanol–water partition coefficient (Wildman–Crippen LogP) is 4.38. The highest BCUT2D eigenvalue weighted by Gasteiger charge is 2.21. The van der Waals surface area contributed by atoms with E-state index < -0.39 is 15.9 Å². The van der Waals surface area contributed by atoms with E-state index >= 15 is 0 Å². The molecule has 1 aromatic heterocycles. The van der Waals surface area contributed by atoms with Crippen LogP contribution in [0.15, 0.2) is 53.4 Å². The number of anilines is 2. The van der Waals surface area contributed by atoms with Crippen molar-refractivity contribution in [1.29, 1.82) is 0 Å². The van der Waals surface area contributed by atoms with Crippen molar-refractivity contribution in [1.82, 2.24) is 10.2 Å². The minimum Gasteiger partial charge on any atom is -0.305 e. The molecule has 3 N–H and O–H groups in total. The van der Waals surface area contributed by atoms with Crippen molar-refractivity contribution in [2.24, 2.45) is 0 Å². The summed E-state index contributed by atoms with van der Waals surface area (Å²) in [4.78, 5) is 12.8. The van der Waals surface area contributed by atoms with E-state index in [1.54, 1.807) is 37.3 Å². The van der Waals surface area contributed by atoms with Gasteiger partial charge in [-0.15, -0.1) is 0 Å². The van der Waals surface area contributed by atoms with Crippen molar-refractivity contribution in [3.63, 3.8) is 0 Å². The smallest absolute Gasteiger partial charge is 0.261 e. The Morgan fingerprint density at radius 2 is 1.77 bits per heavy atom. The molecule has 2 aromatic carbocycles. The van der Waals surface area contributed by atoms with Crippen LogP contribution in [0.25, 0.3) is 0 Å². The Balaban J connectivity index is 1.85. The van der Waals surface area contributed by atoms with Crippen LogP contribution in [0.4, 0.5) is 11.5 Å². The van der Waals surface area contributed by atoms with Crippen molar-refractivity contribution in [3.05, 3.63) is 70.9 Å². The molecule has 0 saturated heterocycles. The summed E-state index contributed by atoms with van der Waals surface area (Å²) in [6.07, 6.45) is 0. The van der Waals surface area contributed by atoms with E-state index in [2.05, 4.69) is 20.2 Å². The standard InChI is InChI=1S/C22H26N4O3S/c1-14-7-6-8-16(11-14)26-30(28,29)17-10-9-15(2)18(12-17)21(27)23-20-13-19(24-25-20)22(3,4)5/h6-13,26H,1-5H3,(H2,23,24,25,27). The van der Waals surface area contributed by atoms with Gasteiger partial charge in [-0.2, -0.15) is 5.10 Å². The molecule has 0 unspecified atom stereocenters. The maximum absolute atomic E-state index is 12.8. The minimum atomic E-state index is -3.84. The number of nitrogens with one attached hydrogen (secondary N) is 3. The number of H-pyrrole nitrogens is 1. The Bertz CT molecular complexity index is 1190. The average molecular weight is 427 g/mol. The summed E-state index contributed by atoms with van der Waals surface area (Å²) in [5.74, 6) is -0.0393. The van der Waals surface area contributed by atoms with Gasteiger partial charge in [0.15, 0.2) is 5.82 Å².